The van der Waals surface area contributed by atoms with Gasteiger partial charge in [-0.1, -0.05) is 254 Å². The largest absolute Gasteiger partial charge is 0.479 e. The van der Waals surface area contributed by atoms with Gasteiger partial charge in [-0.05, 0) is 116 Å². The molecular weight excluding hydrogens is 1070 g/mol. The Morgan fingerprint density at radius 2 is 0.741 bits per heavy atom. The SMILES string of the molecule is CC/C=C\C/C=C\C/C=C\C/C=C\C/C=C\CCCCCC(=O)OCC(COC1OC(C(=O)O)C(O)C(O)C1OC(=O)CCCCCCCCC/C=C\CCCCCCCC)OC(=O)CCCCCCCCCCC/C=C\CCCCCCCC. The molecule has 1 fully saturated rings. The smallest absolute Gasteiger partial charge is 0.335 e. The van der Waals surface area contributed by atoms with E-state index < -0.39 is 67.3 Å². The van der Waals surface area contributed by atoms with Gasteiger partial charge in [0.2, 0.25) is 0 Å². The van der Waals surface area contributed by atoms with Crippen LogP contribution in [0.25, 0.3) is 0 Å². The first kappa shape index (κ1) is 78.9. The summed E-state index contributed by atoms with van der Waals surface area (Å²) in [6, 6.07) is 0. The number of aliphatic hydroxyl groups is 2. The van der Waals surface area contributed by atoms with Gasteiger partial charge in [0.25, 0.3) is 0 Å². The van der Waals surface area contributed by atoms with Gasteiger partial charge < -0.3 is 39.0 Å². The molecule has 3 N–H and O–H groups in total. The summed E-state index contributed by atoms with van der Waals surface area (Å²) in [5.74, 6) is -3.16. The van der Waals surface area contributed by atoms with Crippen molar-refractivity contribution < 1.29 is 58.2 Å². The summed E-state index contributed by atoms with van der Waals surface area (Å²) >= 11 is 0. The van der Waals surface area contributed by atoms with Crippen molar-refractivity contribution >= 4 is 23.9 Å². The summed E-state index contributed by atoms with van der Waals surface area (Å²) in [6.45, 7) is 5.88. The number of carbonyl (C=O) groups excluding carboxylic acids is 3. The minimum absolute atomic E-state index is 0.0504. The molecular formula is C73H124O12. The maximum absolute atomic E-state index is 13.2. The number of hydrogen-bond donors (Lipinski definition) is 3. The van der Waals surface area contributed by atoms with Crippen LogP contribution in [0.5, 0.6) is 0 Å². The predicted molar refractivity (Wildman–Crippen MR) is 349 cm³/mol. The molecule has 0 amide bonds. The van der Waals surface area contributed by atoms with Gasteiger partial charge in [-0.3, -0.25) is 14.4 Å². The molecule has 12 heteroatoms. The first-order valence-electron chi connectivity index (χ1n) is 34.6. The second-order valence-corrected chi connectivity index (χ2v) is 23.4. The van der Waals surface area contributed by atoms with Crippen LogP contribution in [0.4, 0.5) is 0 Å². The van der Waals surface area contributed by atoms with Gasteiger partial charge in [0.15, 0.2) is 24.6 Å². The zero-order chi connectivity index (χ0) is 61.7. The highest BCUT2D eigenvalue weighted by Crippen LogP contribution is 2.27. The van der Waals surface area contributed by atoms with Gasteiger partial charge in [0.05, 0.1) is 6.61 Å². The molecule has 1 rings (SSSR count). The van der Waals surface area contributed by atoms with Crippen molar-refractivity contribution in [3.8, 4) is 0 Å². The van der Waals surface area contributed by atoms with E-state index in [-0.39, 0.29) is 25.9 Å². The lowest BCUT2D eigenvalue weighted by Crippen LogP contribution is -2.61. The van der Waals surface area contributed by atoms with E-state index in [1.165, 1.54) is 135 Å². The molecule has 1 saturated heterocycles. The monoisotopic (exact) mass is 1190 g/mol. The maximum Gasteiger partial charge on any atom is 0.335 e. The number of carboxylic acid groups (broad SMARTS) is 1. The minimum atomic E-state index is -1.91. The van der Waals surface area contributed by atoms with E-state index in [0.29, 0.717) is 19.3 Å². The summed E-state index contributed by atoms with van der Waals surface area (Å²) < 4.78 is 28.6. The molecule has 0 spiro atoms. The summed E-state index contributed by atoms with van der Waals surface area (Å²) in [7, 11) is 0. The van der Waals surface area contributed by atoms with E-state index in [4.69, 9.17) is 23.7 Å². The topological polar surface area (TPSA) is 175 Å². The zero-order valence-corrected chi connectivity index (χ0v) is 54.1. The highest BCUT2D eigenvalue weighted by atomic mass is 16.7. The summed E-state index contributed by atoms with van der Waals surface area (Å²) in [5, 5.41) is 31.7. The molecule has 6 unspecified atom stereocenters. The number of ether oxygens (including phenoxy) is 5. The van der Waals surface area contributed by atoms with Crippen LogP contribution in [0, 0.1) is 0 Å². The number of allylic oxidation sites excluding steroid dienone is 14. The number of carbonyl (C=O) groups is 4. The molecule has 1 heterocycles. The molecule has 0 aromatic carbocycles. The van der Waals surface area contributed by atoms with E-state index >= 15 is 0 Å². The lowest BCUT2D eigenvalue weighted by molar-refractivity contribution is -0.301. The average molecular weight is 1190 g/mol. The van der Waals surface area contributed by atoms with Crippen LogP contribution in [0.15, 0.2) is 85.1 Å². The van der Waals surface area contributed by atoms with Crippen molar-refractivity contribution in [1.29, 1.82) is 0 Å². The number of aliphatic carboxylic acids is 1. The molecule has 12 nitrogen and oxygen atoms in total. The summed E-state index contributed by atoms with van der Waals surface area (Å²) in [6.07, 6.45) is 66.8. The van der Waals surface area contributed by atoms with Crippen LogP contribution >= 0.6 is 0 Å². The van der Waals surface area contributed by atoms with Gasteiger partial charge in [0.1, 0.15) is 18.8 Å². The van der Waals surface area contributed by atoms with E-state index in [1.807, 2.05) is 0 Å². The Bertz CT molecular complexity index is 1800. The molecule has 0 aromatic heterocycles. The fourth-order valence-electron chi connectivity index (χ4n) is 10.2. The normalized spacial score (nSPS) is 18.0. The van der Waals surface area contributed by atoms with E-state index in [2.05, 4.69) is 106 Å². The van der Waals surface area contributed by atoms with Crippen molar-refractivity contribution in [2.45, 2.75) is 340 Å². The van der Waals surface area contributed by atoms with Crippen molar-refractivity contribution in [3.63, 3.8) is 0 Å². The average Bonchev–Trinajstić information content (AvgIpc) is 3.46. The number of esters is 3. The Kier molecular flexibility index (Phi) is 55.9. The highest BCUT2D eigenvalue weighted by molar-refractivity contribution is 5.74. The van der Waals surface area contributed by atoms with Crippen LogP contribution in [0.1, 0.15) is 303 Å². The Labute approximate surface area is 518 Å². The number of aliphatic hydroxyl groups excluding tert-OH is 2. The lowest BCUT2D eigenvalue weighted by atomic mass is 9.98. The first-order valence-corrected chi connectivity index (χ1v) is 34.6. The maximum atomic E-state index is 13.2. The third-order valence-electron chi connectivity index (χ3n) is 15.4. The van der Waals surface area contributed by atoms with Gasteiger partial charge in [-0.2, -0.15) is 0 Å². The standard InChI is InChI=1S/C73H124O12/c1-4-7-10-13-16-19-22-25-28-31-33-36-38-41-44-47-50-53-56-59-65(74)81-62-64(83-66(75)60-57-54-51-48-45-42-40-37-34-32-29-26-23-20-17-14-11-8-5-2)63-82-73-71(69(78)68(77)70(85-73)72(79)80)84-67(76)61-58-55-52-49-46-43-39-35-30-27-24-21-18-15-12-9-6-3/h7,10,16,19,25-30,33,36,41,44,64,68-71,73,77-78H,4-6,8-9,11-15,17-18,20-24,31-32,34-35,37-40,42-43,45-63H2,1-3H3,(H,79,80)/b10-7-,19-16-,28-25-,29-26-,30-27-,36-33-,44-41-. The van der Waals surface area contributed by atoms with Crippen LogP contribution in [-0.2, 0) is 42.9 Å². The van der Waals surface area contributed by atoms with Gasteiger partial charge in [0, 0.05) is 19.3 Å². The van der Waals surface area contributed by atoms with Crippen LogP contribution in [0.3, 0.4) is 0 Å². The molecule has 0 aromatic rings. The first-order chi connectivity index (χ1) is 41.6. The summed E-state index contributed by atoms with van der Waals surface area (Å²) in [4.78, 5) is 51.5. The van der Waals surface area contributed by atoms with Gasteiger partial charge in [-0.25, -0.2) is 4.79 Å². The fourth-order valence-corrected chi connectivity index (χ4v) is 10.2. The minimum Gasteiger partial charge on any atom is -0.479 e. The van der Waals surface area contributed by atoms with Crippen molar-refractivity contribution in [2.24, 2.45) is 0 Å². The third kappa shape index (κ3) is 49.6. The number of rotatable bonds is 59. The molecule has 85 heavy (non-hydrogen) atoms. The molecule has 1 aliphatic heterocycles. The van der Waals surface area contributed by atoms with Crippen LogP contribution in [0.2, 0.25) is 0 Å². The van der Waals surface area contributed by atoms with E-state index in [0.717, 1.165) is 109 Å². The molecule has 0 radical (unpaired) electrons. The highest BCUT2D eigenvalue weighted by Gasteiger charge is 2.50. The second-order valence-electron chi connectivity index (χ2n) is 23.4. The van der Waals surface area contributed by atoms with Crippen molar-refractivity contribution in [3.05, 3.63) is 85.1 Å². The van der Waals surface area contributed by atoms with Crippen molar-refractivity contribution in [2.75, 3.05) is 13.2 Å². The Hall–Kier alpha value is -4.10. The number of carboxylic acids is 1. The van der Waals surface area contributed by atoms with E-state index in [1.54, 1.807) is 0 Å². The Morgan fingerprint density at radius 1 is 0.400 bits per heavy atom. The molecule has 488 valence electrons. The Morgan fingerprint density at radius 3 is 1.15 bits per heavy atom. The molecule has 0 bridgehead atoms. The lowest BCUT2D eigenvalue weighted by Gasteiger charge is -2.40. The second kappa shape index (κ2) is 60.2. The molecule has 0 saturated carbocycles. The predicted octanol–water partition coefficient (Wildman–Crippen LogP) is 19.0. The fraction of sp³-hybridized carbons (Fsp3) is 0.753. The van der Waals surface area contributed by atoms with Gasteiger partial charge >= 0.3 is 23.9 Å². The van der Waals surface area contributed by atoms with Crippen LogP contribution in [-0.4, -0.2) is 89.2 Å². The Balaban J connectivity index is 2.67. The quantitative estimate of drug-likeness (QED) is 0.0228. The van der Waals surface area contributed by atoms with Gasteiger partial charge in [-0.15, -0.1) is 0 Å². The summed E-state index contributed by atoms with van der Waals surface area (Å²) in [5.41, 5.74) is 0. The molecule has 6 atom stereocenters. The number of hydrogen-bond acceptors (Lipinski definition) is 11. The van der Waals surface area contributed by atoms with Crippen molar-refractivity contribution in [1.82, 2.24) is 0 Å². The molecule has 1 aliphatic rings. The van der Waals surface area contributed by atoms with E-state index in [9.17, 15) is 34.5 Å². The molecule has 0 aliphatic carbocycles. The third-order valence-corrected chi connectivity index (χ3v) is 15.4. The number of unbranched alkanes of at least 4 members (excludes halogenated alkanes) is 31. The van der Waals surface area contributed by atoms with Crippen LogP contribution < -0.4 is 0 Å². The zero-order valence-electron chi connectivity index (χ0n) is 54.1.